The number of nitrogens with zero attached hydrogens (tertiary/aromatic N) is 3. The Morgan fingerprint density at radius 1 is 1.44 bits per heavy atom. The molecular weight excluding hydrogens is 315 g/mol. The molecule has 5 heteroatoms. The molecule has 2 N–H and O–H groups in total. The number of hydrogen-bond acceptors (Lipinski definition) is 3. The van der Waals surface area contributed by atoms with E-state index >= 15 is 0 Å². The van der Waals surface area contributed by atoms with Gasteiger partial charge in [-0.05, 0) is 34.2 Å². The third kappa shape index (κ3) is 2.41. The standard InChI is InChI=1S/C11H13IN4/c1-16-11(14-7-15-16)6-10(13)8-4-2-3-5-9(8)12/h2-5,7,10H,6,13H2,1H3. The number of rotatable bonds is 3. The van der Waals surface area contributed by atoms with Crippen molar-refractivity contribution < 1.29 is 0 Å². The van der Waals surface area contributed by atoms with Gasteiger partial charge in [-0.1, -0.05) is 18.2 Å². The van der Waals surface area contributed by atoms with E-state index in [0.717, 1.165) is 11.4 Å². The normalized spacial score (nSPS) is 12.7. The molecule has 4 nitrogen and oxygen atoms in total. The zero-order chi connectivity index (χ0) is 11.5. The fourth-order valence-corrected chi connectivity index (χ4v) is 2.37. The van der Waals surface area contributed by atoms with Crippen LogP contribution in [0.25, 0.3) is 0 Å². The summed E-state index contributed by atoms with van der Waals surface area (Å²) in [6.45, 7) is 0. The Morgan fingerprint density at radius 3 is 2.81 bits per heavy atom. The Kier molecular flexibility index (Phi) is 3.55. The lowest BCUT2D eigenvalue weighted by molar-refractivity contribution is 0.628. The topological polar surface area (TPSA) is 56.7 Å². The van der Waals surface area contributed by atoms with Crippen LogP contribution in [0.3, 0.4) is 0 Å². The number of aromatic nitrogens is 3. The molecule has 16 heavy (non-hydrogen) atoms. The lowest BCUT2D eigenvalue weighted by Crippen LogP contribution is -2.17. The molecule has 1 heterocycles. The minimum absolute atomic E-state index is 0.0315. The molecule has 2 aromatic rings. The first-order chi connectivity index (χ1) is 7.68. The lowest BCUT2D eigenvalue weighted by atomic mass is 10.0. The van der Waals surface area contributed by atoms with Crippen LogP contribution in [0.15, 0.2) is 30.6 Å². The van der Waals surface area contributed by atoms with Crippen LogP contribution in [0.4, 0.5) is 0 Å². The summed E-state index contributed by atoms with van der Waals surface area (Å²) in [5, 5.41) is 4.03. The predicted molar refractivity (Wildman–Crippen MR) is 70.8 cm³/mol. The van der Waals surface area contributed by atoms with Gasteiger partial charge >= 0.3 is 0 Å². The van der Waals surface area contributed by atoms with E-state index in [1.807, 2.05) is 19.2 Å². The van der Waals surface area contributed by atoms with Crippen molar-refractivity contribution in [2.75, 3.05) is 0 Å². The van der Waals surface area contributed by atoms with E-state index in [-0.39, 0.29) is 6.04 Å². The lowest BCUT2D eigenvalue weighted by Gasteiger charge is -2.12. The van der Waals surface area contributed by atoms with Crippen molar-refractivity contribution in [3.63, 3.8) is 0 Å². The summed E-state index contributed by atoms with van der Waals surface area (Å²) in [5.74, 6) is 0.909. The number of benzene rings is 1. The van der Waals surface area contributed by atoms with Crippen molar-refractivity contribution in [3.8, 4) is 0 Å². The number of hydrogen-bond donors (Lipinski definition) is 1. The third-order valence-corrected chi connectivity index (χ3v) is 3.49. The van der Waals surface area contributed by atoms with Gasteiger partial charge in [-0.25, -0.2) is 4.98 Å². The van der Waals surface area contributed by atoms with Gasteiger partial charge in [-0.2, -0.15) is 5.10 Å². The Labute approximate surface area is 108 Å². The van der Waals surface area contributed by atoms with Crippen LogP contribution in [0.1, 0.15) is 17.4 Å². The molecule has 0 amide bonds. The van der Waals surface area contributed by atoms with E-state index in [4.69, 9.17) is 5.73 Å². The number of nitrogens with two attached hydrogens (primary N) is 1. The molecule has 0 fully saturated rings. The first-order valence-corrected chi connectivity index (χ1v) is 6.09. The molecule has 84 valence electrons. The first kappa shape index (κ1) is 11.5. The molecule has 1 aromatic heterocycles. The van der Waals surface area contributed by atoms with Crippen LogP contribution in [-0.2, 0) is 13.5 Å². The maximum Gasteiger partial charge on any atom is 0.138 e. The number of aryl methyl sites for hydroxylation is 1. The quantitative estimate of drug-likeness (QED) is 0.872. The molecular formula is C11H13IN4. The molecule has 0 saturated carbocycles. The minimum atomic E-state index is -0.0315. The summed E-state index contributed by atoms with van der Waals surface area (Å²) >= 11 is 2.30. The SMILES string of the molecule is Cn1ncnc1CC(N)c1ccccc1I. The highest BCUT2D eigenvalue weighted by atomic mass is 127. The molecule has 1 aromatic carbocycles. The van der Waals surface area contributed by atoms with Crippen LogP contribution in [0, 0.1) is 3.57 Å². The van der Waals surface area contributed by atoms with Crippen LogP contribution < -0.4 is 5.73 Å². The second-order valence-electron chi connectivity index (χ2n) is 3.63. The van der Waals surface area contributed by atoms with Crippen molar-refractivity contribution in [1.29, 1.82) is 0 Å². The van der Waals surface area contributed by atoms with Gasteiger partial charge in [0, 0.05) is 23.1 Å². The maximum atomic E-state index is 6.17. The van der Waals surface area contributed by atoms with Crippen LogP contribution in [-0.4, -0.2) is 14.8 Å². The predicted octanol–water partition coefficient (Wildman–Crippen LogP) is 1.66. The first-order valence-electron chi connectivity index (χ1n) is 5.01. The van der Waals surface area contributed by atoms with Crippen molar-refractivity contribution in [2.24, 2.45) is 12.8 Å². The molecule has 1 unspecified atom stereocenters. The van der Waals surface area contributed by atoms with Crippen LogP contribution in [0.5, 0.6) is 0 Å². The zero-order valence-electron chi connectivity index (χ0n) is 8.97. The fourth-order valence-electron chi connectivity index (χ4n) is 1.59. The smallest absolute Gasteiger partial charge is 0.138 e. The van der Waals surface area contributed by atoms with E-state index in [1.165, 1.54) is 3.57 Å². The molecule has 0 aliphatic rings. The Bertz CT molecular complexity index is 480. The van der Waals surface area contributed by atoms with E-state index in [9.17, 15) is 0 Å². The van der Waals surface area contributed by atoms with Gasteiger partial charge in [0.25, 0.3) is 0 Å². The summed E-state index contributed by atoms with van der Waals surface area (Å²) in [6.07, 6.45) is 2.26. The van der Waals surface area contributed by atoms with Gasteiger partial charge in [0.2, 0.25) is 0 Å². The van der Waals surface area contributed by atoms with Crippen LogP contribution in [0.2, 0.25) is 0 Å². The largest absolute Gasteiger partial charge is 0.324 e. The summed E-state index contributed by atoms with van der Waals surface area (Å²) in [7, 11) is 1.88. The number of halogens is 1. The van der Waals surface area contributed by atoms with E-state index in [2.05, 4.69) is 44.8 Å². The molecule has 0 bridgehead atoms. The highest BCUT2D eigenvalue weighted by Gasteiger charge is 2.12. The summed E-state index contributed by atoms with van der Waals surface area (Å²) in [5.41, 5.74) is 7.33. The van der Waals surface area contributed by atoms with Crippen molar-refractivity contribution >= 4 is 22.6 Å². The van der Waals surface area contributed by atoms with Crippen molar-refractivity contribution in [3.05, 3.63) is 45.6 Å². The van der Waals surface area contributed by atoms with Gasteiger partial charge in [-0.15, -0.1) is 0 Å². The average molecular weight is 328 g/mol. The Balaban J connectivity index is 2.18. The average Bonchev–Trinajstić information content (AvgIpc) is 2.65. The second-order valence-corrected chi connectivity index (χ2v) is 4.79. The van der Waals surface area contributed by atoms with Gasteiger partial charge in [-0.3, -0.25) is 4.68 Å². The van der Waals surface area contributed by atoms with Gasteiger partial charge in [0.1, 0.15) is 12.2 Å². The third-order valence-electron chi connectivity index (χ3n) is 2.51. The molecule has 2 rings (SSSR count). The van der Waals surface area contributed by atoms with Gasteiger partial charge in [0.15, 0.2) is 0 Å². The second kappa shape index (κ2) is 4.92. The van der Waals surface area contributed by atoms with E-state index in [1.54, 1.807) is 11.0 Å². The Morgan fingerprint density at radius 2 is 2.19 bits per heavy atom. The molecule has 0 aliphatic heterocycles. The molecule has 0 spiro atoms. The monoisotopic (exact) mass is 328 g/mol. The van der Waals surface area contributed by atoms with Gasteiger partial charge < -0.3 is 5.73 Å². The van der Waals surface area contributed by atoms with E-state index < -0.39 is 0 Å². The van der Waals surface area contributed by atoms with Crippen LogP contribution >= 0.6 is 22.6 Å². The molecule has 0 aliphatic carbocycles. The molecule has 0 saturated heterocycles. The van der Waals surface area contributed by atoms with E-state index in [0.29, 0.717) is 6.42 Å². The van der Waals surface area contributed by atoms with Gasteiger partial charge in [0.05, 0.1) is 0 Å². The van der Waals surface area contributed by atoms with Crippen molar-refractivity contribution in [2.45, 2.75) is 12.5 Å². The summed E-state index contributed by atoms with van der Waals surface area (Å²) in [4.78, 5) is 4.18. The van der Waals surface area contributed by atoms with Crippen molar-refractivity contribution in [1.82, 2.24) is 14.8 Å². The molecule has 0 radical (unpaired) electrons. The Hall–Kier alpha value is -0.950. The summed E-state index contributed by atoms with van der Waals surface area (Å²) < 4.78 is 2.95. The highest BCUT2D eigenvalue weighted by molar-refractivity contribution is 14.1. The molecule has 1 atom stereocenters. The maximum absolute atomic E-state index is 6.17. The zero-order valence-corrected chi connectivity index (χ0v) is 11.1. The minimum Gasteiger partial charge on any atom is -0.324 e. The highest BCUT2D eigenvalue weighted by Crippen LogP contribution is 2.20. The fraction of sp³-hybridized carbons (Fsp3) is 0.273. The summed E-state index contributed by atoms with van der Waals surface area (Å²) in [6, 6.07) is 8.11.